The van der Waals surface area contributed by atoms with Crippen LogP contribution in [0, 0.1) is 0 Å². The monoisotopic (exact) mass is 245 g/mol. The maximum absolute atomic E-state index is 9.89. The Morgan fingerprint density at radius 1 is 0.722 bits per heavy atom. The maximum atomic E-state index is 9.89. The summed E-state index contributed by atoms with van der Waals surface area (Å²) in [4.78, 5) is 0. The summed E-state index contributed by atoms with van der Waals surface area (Å²) in [6.07, 6.45) is 0. The van der Waals surface area contributed by atoms with Crippen molar-refractivity contribution in [1.82, 2.24) is 4.57 Å². The van der Waals surface area contributed by atoms with E-state index in [9.17, 15) is 20.4 Å². The molecule has 0 unspecified atom stereocenters. The van der Waals surface area contributed by atoms with E-state index in [2.05, 4.69) is 0 Å². The van der Waals surface area contributed by atoms with Crippen molar-refractivity contribution in [2.24, 2.45) is 7.05 Å². The predicted octanol–water partition coefficient (Wildman–Crippen LogP) is 2.15. The van der Waals surface area contributed by atoms with Gasteiger partial charge in [0.05, 0.1) is 11.0 Å². The summed E-state index contributed by atoms with van der Waals surface area (Å²) in [6.45, 7) is 0. The van der Waals surface area contributed by atoms with Gasteiger partial charge in [-0.3, -0.25) is 0 Å². The van der Waals surface area contributed by atoms with E-state index in [0.717, 1.165) is 0 Å². The minimum absolute atomic E-state index is 0.225. The van der Waals surface area contributed by atoms with Gasteiger partial charge in [0.2, 0.25) is 0 Å². The number of fused-ring (bicyclic) bond motifs is 3. The van der Waals surface area contributed by atoms with Gasteiger partial charge in [-0.15, -0.1) is 0 Å². The molecule has 0 bridgehead atoms. The highest BCUT2D eigenvalue weighted by Gasteiger charge is 2.18. The molecule has 5 heteroatoms. The van der Waals surface area contributed by atoms with Crippen molar-refractivity contribution in [2.75, 3.05) is 0 Å². The molecule has 0 aliphatic carbocycles. The Balaban J connectivity index is 2.67. The predicted molar refractivity (Wildman–Crippen MR) is 67.1 cm³/mol. The van der Waals surface area contributed by atoms with Crippen LogP contribution in [-0.2, 0) is 7.05 Å². The van der Waals surface area contributed by atoms with Crippen molar-refractivity contribution in [3.63, 3.8) is 0 Å². The average Bonchev–Trinajstić information content (AvgIpc) is 2.63. The fourth-order valence-corrected chi connectivity index (χ4v) is 2.36. The average molecular weight is 245 g/mol. The first-order chi connectivity index (χ1) is 8.52. The molecule has 0 saturated heterocycles. The Morgan fingerprint density at radius 3 is 1.50 bits per heavy atom. The summed E-state index contributed by atoms with van der Waals surface area (Å²) in [7, 11) is 1.64. The molecule has 0 atom stereocenters. The Labute approximate surface area is 102 Å². The third-order valence-electron chi connectivity index (χ3n) is 3.22. The van der Waals surface area contributed by atoms with Gasteiger partial charge in [-0.05, 0) is 24.3 Å². The molecule has 92 valence electrons. The number of aromatic hydroxyl groups is 4. The van der Waals surface area contributed by atoms with Crippen LogP contribution in [-0.4, -0.2) is 25.0 Å². The van der Waals surface area contributed by atoms with Gasteiger partial charge in [0.25, 0.3) is 0 Å². The van der Waals surface area contributed by atoms with Gasteiger partial charge in [-0.25, -0.2) is 0 Å². The van der Waals surface area contributed by atoms with Crippen LogP contribution in [0.15, 0.2) is 24.3 Å². The molecular formula is C13H11NO4. The van der Waals surface area contributed by atoms with Gasteiger partial charge in [0.15, 0.2) is 23.0 Å². The standard InChI is InChI=1S/C13H11NO4/c1-14-10-6(2-4-8(15)12(10)17)7-3-5-9(16)13(18)11(7)14/h2-5,15-18H,1H3. The van der Waals surface area contributed by atoms with Gasteiger partial charge in [0.1, 0.15) is 0 Å². The number of nitrogens with zero attached hydrogens (tertiary/aromatic N) is 1. The van der Waals surface area contributed by atoms with Crippen molar-refractivity contribution >= 4 is 21.8 Å². The van der Waals surface area contributed by atoms with Crippen LogP contribution in [0.3, 0.4) is 0 Å². The van der Waals surface area contributed by atoms with E-state index in [1.165, 1.54) is 16.7 Å². The van der Waals surface area contributed by atoms with Crippen LogP contribution in [0.4, 0.5) is 0 Å². The second-order valence-corrected chi connectivity index (χ2v) is 4.22. The van der Waals surface area contributed by atoms with Crippen molar-refractivity contribution < 1.29 is 20.4 Å². The maximum Gasteiger partial charge on any atom is 0.182 e. The summed E-state index contributed by atoms with van der Waals surface area (Å²) in [5, 5.41) is 40.2. The smallest absolute Gasteiger partial charge is 0.182 e. The van der Waals surface area contributed by atoms with E-state index in [4.69, 9.17) is 0 Å². The van der Waals surface area contributed by atoms with Gasteiger partial charge in [-0.2, -0.15) is 0 Å². The first-order valence-corrected chi connectivity index (χ1v) is 5.36. The van der Waals surface area contributed by atoms with Gasteiger partial charge < -0.3 is 25.0 Å². The molecule has 18 heavy (non-hydrogen) atoms. The summed E-state index contributed by atoms with van der Waals surface area (Å²) >= 11 is 0. The quantitative estimate of drug-likeness (QED) is 0.457. The topological polar surface area (TPSA) is 85.9 Å². The zero-order valence-corrected chi connectivity index (χ0v) is 9.55. The highest BCUT2D eigenvalue weighted by Crippen LogP contribution is 2.43. The number of aromatic nitrogens is 1. The lowest BCUT2D eigenvalue weighted by Crippen LogP contribution is -1.88. The second-order valence-electron chi connectivity index (χ2n) is 4.22. The van der Waals surface area contributed by atoms with E-state index in [-0.39, 0.29) is 23.0 Å². The molecule has 0 aliphatic rings. The lowest BCUT2D eigenvalue weighted by Gasteiger charge is -2.03. The molecule has 0 saturated carbocycles. The Bertz CT molecular complexity index is 724. The number of phenols is 4. The molecule has 4 N–H and O–H groups in total. The third kappa shape index (κ3) is 1.10. The Kier molecular flexibility index (Phi) is 1.90. The molecular weight excluding hydrogens is 234 g/mol. The highest BCUT2D eigenvalue weighted by atomic mass is 16.3. The fourth-order valence-electron chi connectivity index (χ4n) is 2.36. The molecule has 0 spiro atoms. The Hall–Kier alpha value is -2.56. The highest BCUT2D eigenvalue weighted by molar-refractivity contribution is 6.12. The number of hydrogen-bond acceptors (Lipinski definition) is 4. The normalized spacial score (nSPS) is 11.4. The first kappa shape index (κ1) is 10.6. The number of hydrogen-bond donors (Lipinski definition) is 4. The van der Waals surface area contributed by atoms with Gasteiger partial charge in [0, 0.05) is 17.8 Å². The second kappa shape index (κ2) is 3.22. The van der Waals surface area contributed by atoms with Gasteiger partial charge >= 0.3 is 0 Å². The zero-order valence-electron chi connectivity index (χ0n) is 9.55. The molecule has 0 aliphatic heterocycles. The summed E-state index contributed by atoms with van der Waals surface area (Å²) in [6, 6.07) is 6.09. The van der Waals surface area contributed by atoms with E-state index >= 15 is 0 Å². The van der Waals surface area contributed by atoms with Crippen molar-refractivity contribution in [1.29, 1.82) is 0 Å². The van der Waals surface area contributed by atoms with Gasteiger partial charge in [-0.1, -0.05) is 0 Å². The van der Waals surface area contributed by atoms with Crippen LogP contribution in [0.2, 0.25) is 0 Å². The molecule has 1 heterocycles. The van der Waals surface area contributed by atoms with Crippen molar-refractivity contribution in [3.05, 3.63) is 24.3 Å². The SMILES string of the molecule is Cn1c2c(O)c(O)ccc2c2ccc(O)c(O)c21. The minimum Gasteiger partial charge on any atom is -0.504 e. The number of phenolic OH excluding ortho intramolecular Hbond substituents is 4. The van der Waals surface area contributed by atoms with Crippen LogP contribution in [0.25, 0.3) is 21.8 Å². The lowest BCUT2D eigenvalue weighted by molar-refractivity contribution is 0.404. The van der Waals surface area contributed by atoms with E-state index in [1.807, 2.05) is 0 Å². The molecule has 2 aromatic carbocycles. The molecule has 5 nitrogen and oxygen atoms in total. The molecule has 0 radical (unpaired) electrons. The molecule has 3 rings (SSSR count). The molecule has 3 aromatic rings. The van der Waals surface area contributed by atoms with E-state index in [1.54, 1.807) is 19.2 Å². The van der Waals surface area contributed by atoms with Crippen LogP contribution in [0.1, 0.15) is 0 Å². The molecule has 0 fully saturated rings. The number of benzene rings is 2. The Morgan fingerprint density at radius 2 is 1.11 bits per heavy atom. The number of aryl methyl sites for hydroxylation is 1. The first-order valence-electron chi connectivity index (χ1n) is 5.36. The van der Waals surface area contributed by atoms with E-state index in [0.29, 0.717) is 21.8 Å². The largest absolute Gasteiger partial charge is 0.504 e. The van der Waals surface area contributed by atoms with Crippen LogP contribution < -0.4 is 0 Å². The third-order valence-corrected chi connectivity index (χ3v) is 3.22. The van der Waals surface area contributed by atoms with Crippen LogP contribution in [0.5, 0.6) is 23.0 Å². The summed E-state index contributed by atoms with van der Waals surface area (Å²) in [5.74, 6) is -0.940. The summed E-state index contributed by atoms with van der Waals surface area (Å²) in [5.41, 5.74) is 0.816. The molecule has 0 amide bonds. The minimum atomic E-state index is -0.245. The van der Waals surface area contributed by atoms with Crippen LogP contribution >= 0.6 is 0 Å². The van der Waals surface area contributed by atoms with Crippen molar-refractivity contribution in [2.45, 2.75) is 0 Å². The summed E-state index contributed by atoms with van der Waals surface area (Å²) < 4.78 is 1.54. The van der Waals surface area contributed by atoms with E-state index < -0.39 is 0 Å². The fraction of sp³-hybridized carbons (Fsp3) is 0.0769. The van der Waals surface area contributed by atoms with Crippen molar-refractivity contribution in [3.8, 4) is 23.0 Å². The lowest BCUT2D eigenvalue weighted by atomic mass is 10.1. The zero-order chi connectivity index (χ0) is 13.0. The molecule has 1 aromatic heterocycles. The number of rotatable bonds is 0.